The van der Waals surface area contributed by atoms with Crippen LogP contribution >= 0.6 is 0 Å². The molecule has 2 aromatic rings. The molecule has 0 radical (unpaired) electrons. The van der Waals surface area contributed by atoms with Gasteiger partial charge in [-0.2, -0.15) is 9.28 Å². The highest BCUT2D eigenvalue weighted by Crippen LogP contribution is 2.33. The van der Waals surface area contributed by atoms with Gasteiger partial charge in [-0.3, -0.25) is 0 Å². The van der Waals surface area contributed by atoms with Gasteiger partial charge in [0.25, 0.3) is 0 Å². The van der Waals surface area contributed by atoms with Gasteiger partial charge in [0.1, 0.15) is 24.9 Å². The molecule has 5 nitrogen and oxygen atoms in total. The second-order valence-electron chi connectivity index (χ2n) is 7.45. The SMILES string of the molecule is CC(C)(C)OC(=O)[N+]1(c2cnco2)CCC(=Cc2ccccc2)CC1. The molecule has 0 atom stereocenters. The van der Waals surface area contributed by atoms with Crippen molar-refractivity contribution in [3.63, 3.8) is 0 Å². The van der Waals surface area contributed by atoms with Crippen LogP contribution in [0.15, 0.2) is 52.9 Å². The topological polar surface area (TPSA) is 52.3 Å². The van der Waals surface area contributed by atoms with Gasteiger partial charge in [0.15, 0.2) is 6.39 Å². The van der Waals surface area contributed by atoms with E-state index in [1.54, 1.807) is 6.20 Å². The summed E-state index contributed by atoms with van der Waals surface area (Å²) in [6.45, 7) is 6.87. The second-order valence-corrected chi connectivity index (χ2v) is 7.45. The summed E-state index contributed by atoms with van der Waals surface area (Å²) in [7, 11) is 0. The van der Waals surface area contributed by atoms with Crippen LogP contribution < -0.4 is 4.48 Å². The fourth-order valence-electron chi connectivity index (χ4n) is 3.10. The smallest absolute Gasteiger partial charge is 0.414 e. The monoisotopic (exact) mass is 341 g/mol. The van der Waals surface area contributed by atoms with Gasteiger partial charge in [-0.25, -0.2) is 4.98 Å². The Balaban J connectivity index is 1.82. The van der Waals surface area contributed by atoms with E-state index in [2.05, 4.69) is 23.2 Å². The summed E-state index contributed by atoms with van der Waals surface area (Å²) < 4.78 is 11.2. The molecule has 1 aliphatic heterocycles. The van der Waals surface area contributed by atoms with Crippen LogP contribution in [0.3, 0.4) is 0 Å². The fourth-order valence-corrected chi connectivity index (χ4v) is 3.10. The number of hydrogen-bond acceptors (Lipinski definition) is 4. The number of rotatable bonds is 2. The van der Waals surface area contributed by atoms with Gasteiger partial charge < -0.3 is 9.15 Å². The number of ether oxygens (including phenoxy) is 1. The molecule has 0 bridgehead atoms. The lowest BCUT2D eigenvalue weighted by Crippen LogP contribution is -2.58. The number of quaternary nitrogens is 1. The molecule has 0 saturated carbocycles. The second kappa shape index (κ2) is 6.84. The molecule has 1 fully saturated rings. The zero-order valence-corrected chi connectivity index (χ0v) is 15.1. The average molecular weight is 341 g/mol. The molecule has 0 aliphatic carbocycles. The number of benzene rings is 1. The van der Waals surface area contributed by atoms with Crippen LogP contribution in [-0.4, -0.2) is 29.8 Å². The standard InChI is InChI=1S/C20H25N2O3/c1-20(2,3)25-19(23)22(18-14-21-15-24-18)11-9-17(10-12-22)13-16-7-5-4-6-8-16/h4-8,13-15H,9-12H2,1-3H3/q+1. The largest absolute Gasteiger partial charge is 0.524 e. The lowest BCUT2D eigenvalue weighted by Gasteiger charge is -2.36. The molecule has 0 spiro atoms. The van der Waals surface area contributed by atoms with Crippen LogP contribution in [0.25, 0.3) is 6.08 Å². The molecule has 1 saturated heterocycles. The van der Waals surface area contributed by atoms with Crippen molar-refractivity contribution in [3.05, 3.63) is 54.1 Å². The molecule has 25 heavy (non-hydrogen) atoms. The van der Waals surface area contributed by atoms with E-state index < -0.39 is 5.60 Å². The van der Waals surface area contributed by atoms with E-state index in [4.69, 9.17) is 9.15 Å². The summed E-state index contributed by atoms with van der Waals surface area (Å²) in [6.07, 6.45) is 6.56. The first kappa shape index (κ1) is 17.4. The zero-order chi connectivity index (χ0) is 17.9. The Morgan fingerprint density at radius 2 is 1.88 bits per heavy atom. The predicted octanol–water partition coefficient (Wildman–Crippen LogP) is 4.79. The number of likely N-dealkylation sites (tertiary alicyclic amines) is 1. The van der Waals surface area contributed by atoms with E-state index in [1.807, 2.05) is 39.0 Å². The van der Waals surface area contributed by atoms with Crippen LogP contribution in [0.2, 0.25) is 0 Å². The molecule has 0 N–H and O–H groups in total. The number of carbonyl (C=O) groups is 1. The van der Waals surface area contributed by atoms with E-state index >= 15 is 0 Å². The van der Waals surface area contributed by atoms with Gasteiger partial charge in [-0.05, 0) is 26.3 Å². The molecule has 132 valence electrons. The van der Waals surface area contributed by atoms with Crippen molar-refractivity contribution in [1.82, 2.24) is 9.47 Å². The summed E-state index contributed by atoms with van der Waals surface area (Å²) in [4.78, 5) is 16.9. The van der Waals surface area contributed by atoms with Crippen LogP contribution in [0, 0.1) is 0 Å². The van der Waals surface area contributed by atoms with Gasteiger partial charge >= 0.3 is 12.0 Å². The van der Waals surface area contributed by atoms with Crippen molar-refractivity contribution >= 4 is 18.1 Å². The van der Waals surface area contributed by atoms with E-state index in [-0.39, 0.29) is 10.6 Å². The summed E-state index contributed by atoms with van der Waals surface area (Å²) in [5.74, 6) is 0.549. The highest BCUT2D eigenvalue weighted by molar-refractivity contribution is 5.81. The highest BCUT2D eigenvalue weighted by Gasteiger charge is 2.47. The number of carbonyl (C=O) groups excluding carboxylic acids is 1. The Bertz CT molecular complexity index is 733. The minimum absolute atomic E-state index is 0.0589. The third-order valence-electron chi connectivity index (χ3n) is 4.38. The molecule has 2 heterocycles. The first-order valence-corrected chi connectivity index (χ1v) is 8.63. The molecule has 1 aromatic heterocycles. The molecule has 1 amide bonds. The van der Waals surface area contributed by atoms with Crippen molar-refractivity contribution in [2.45, 2.75) is 39.2 Å². The first-order valence-electron chi connectivity index (χ1n) is 8.63. The lowest BCUT2D eigenvalue weighted by atomic mass is 9.99. The Hall–Kier alpha value is -2.40. The Morgan fingerprint density at radius 1 is 1.20 bits per heavy atom. The van der Waals surface area contributed by atoms with Crippen molar-refractivity contribution in [2.24, 2.45) is 0 Å². The summed E-state index contributed by atoms with van der Waals surface area (Å²) in [5, 5.41) is 0. The molecular weight excluding hydrogens is 316 g/mol. The van der Waals surface area contributed by atoms with E-state index in [0.717, 1.165) is 12.8 Å². The van der Waals surface area contributed by atoms with Gasteiger partial charge in [0, 0.05) is 12.8 Å². The molecule has 5 heteroatoms. The Labute approximate surface area is 148 Å². The van der Waals surface area contributed by atoms with Gasteiger partial charge in [-0.1, -0.05) is 42.0 Å². The van der Waals surface area contributed by atoms with Crippen LogP contribution in [0.5, 0.6) is 0 Å². The van der Waals surface area contributed by atoms with Crippen molar-refractivity contribution in [3.8, 4) is 0 Å². The fraction of sp³-hybridized carbons (Fsp3) is 0.400. The van der Waals surface area contributed by atoms with Crippen molar-refractivity contribution in [1.29, 1.82) is 0 Å². The Kier molecular flexibility index (Phi) is 4.77. The van der Waals surface area contributed by atoms with Crippen LogP contribution in [-0.2, 0) is 4.74 Å². The number of amides is 1. The van der Waals surface area contributed by atoms with E-state index in [0.29, 0.717) is 19.0 Å². The lowest BCUT2D eigenvalue weighted by molar-refractivity contribution is 0.0215. The zero-order valence-electron chi connectivity index (χ0n) is 15.1. The maximum Gasteiger partial charge on any atom is 0.524 e. The van der Waals surface area contributed by atoms with Crippen molar-refractivity contribution < 1.29 is 13.9 Å². The van der Waals surface area contributed by atoms with Gasteiger partial charge in [-0.15, -0.1) is 0 Å². The highest BCUT2D eigenvalue weighted by atomic mass is 16.6. The molecule has 1 aromatic carbocycles. The van der Waals surface area contributed by atoms with E-state index in [1.165, 1.54) is 17.5 Å². The first-order chi connectivity index (χ1) is 11.9. The molecule has 3 rings (SSSR count). The third-order valence-corrected chi connectivity index (χ3v) is 4.38. The van der Waals surface area contributed by atoms with Gasteiger partial charge in [0.2, 0.25) is 0 Å². The number of piperidine rings is 1. The average Bonchev–Trinajstić information content (AvgIpc) is 3.10. The number of aromatic nitrogens is 1. The molecule has 0 unspecified atom stereocenters. The number of oxazole rings is 1. The molecule has 1 aliphatic rings. The predicted molar refractivity (Wildman–Crippen MR) is 97.9 cm³/mol. The van der Waals surface area contributed by atoms with Gasteiger partial charge in [0.05, 0.1) is 0 Å². The summed E-state index contributed by atoms with van der Waals surface area (Å²) >= 11 is 0. The Morgan fingerprint density at radius 3 is 2.44 bits per heavy atom. The summed E-state index contributed by atoms with van der Waals surface area (Å²) in [5.41, 5.74) is 1.99. The molecular formula is C20H25N2O3+. The summed E-state index contributed by atoms with van der Waals surface area (Å²) in [6, 6.07) is 10.3. The number of nitrogens with zero attached hydrogens (tertiary/aromatic N) is 2. The third kappa shape index (κ3) is 3.99. The minimum Gasteiger partial charge on any atom is -0.414 e. The van der Waals surface area contributed by atoms with Crippen LogP contribution in [0.1, 0.15) is 39.2 Å². The quantitative estimate of drug-likeness (QED) is 0.737. The number of hydrogen-bond donors (Lipinski definition) is 0. The maximum atomic E-state index is 12.9. The van der Waals surface area contributed by atoms with Crippen molar-refractivity contribution in [2.75, 3.05) is 13.1 Å². The minimum atomic E-state index is -0.539. The normalized spacial score (nSPS) is 21.0. The van der Waals surface area contributed by atoms with E-state index in [9.17, 15) is 4.79 Å². The van der Waals surface area contributed by atoms with Crippen LogP contribution in [0.4, 0.5) is 10.7 Å². The maximum absolute atomic E-state index is 12.9.